The Kier molecular flexibility index (Phi) is 5.01. The second-order valence-corrected chi connectivity index (χ2v) is 6.52. The summed E-state index contributed by atoms with van der Waals surface area (Å²) in [5, 5.41) is 4.41. The molecule has 2 rings (SSSR count). The van der Waals surface area contributed by atoms with E-state index < -0.39 is 0 Å². The molecule has 1 N–H and O–H groups in total. The summed E-state index contributed by atoms with van der Waals surface area (Å²) in [7, 11) is 0. The maximum Gasteiger partial charge on any atom is 0.0410 e. The van der Waals surface area contributed by atoms with Crippen molar-refractivity contribution in [3.05, 3.63) is 33.3 Å². The summed E-state index contributed by atoms with van der Waals surface area (Å²) in [6, 6.07) is 6.62. The van der Waals surface area contributed by atoms with Crippen molar-refractivity contribution in [3.63, 3.8) is 0 Å². The predicted octanol–water partition coefficient (Wildman–Crippen LogP) is 4.09. The topological polar surface area (TPSA) is 12.0 Å². The van der Waals surface area contributed by atoms with Gasteiger partial charge in [-0.3, -0.25) is 0 Å². The fraction of sp³-hybridized carbons (Fsp3) is 0.500. The Morgan fingerprint density at radius 2 is 2.12 bits per heavy atom. The maximum atomic E-state index is 5.99. The van der Waals surface area contributed by atoms with Gasteiger partial charge in [-0.05, 0) is 48.1 Å². The minimum absolute atomic E-state index is 0.673. The van der Waals surface area contributed by atoms with Gasteiger partial charge in [-0.15, -0.1) is 0 Å². The van der Waals surface area contributed by atoms with Gasteiger partial charge in [0.1, 0.15) is 0 Å². The minimum Gasteiger partial charge on any atom is -0.310 e. The van der Waals surface area contributed by atoms with Gasteiger partial charge in [0.2, 0.25) is 0 Å². The summed E-state index contributed by atoms with van der Waals surface area (Å²) in [4.78, 5) is 0. The van der Waals surface area contributed by atoms with E-state index in [1.54, 1.807) is 0 Å². The highest BCUT2D eigenvalue weighted by molar-refractivity contribution is 9.10. The van der Waals surface area contributed by atoms with Crippen LogP contribution in [0.4, 0.5) is 0 Å². The summed E-state index contributed by atoms with van der Waals surface area (Å²) < 4.78 is 1.13. The van der Waals surface area contributed by atoms with Crippen LogP contribution in [0.1, 0.15) is 18.4 Å². The number of benzene rings is 1. The van der Waals surface area contributed by atoms with Gasteiger partial charge in [0, 0.05) is 22.1 Å². The molecule has 0 saturated carbocycles. The zero-order valence-corrected chi connectivity index (χ0v) is 12.2. The first-order valence-electron chi connectivity index (χ1n) is 5.51. The molecule has 1 nitrogen and oxygen atoms in total. The van der Waals surface area contributed by atoms with E-state index in [2.05, 4.69) is 33.0 Å². The molecule has 0 atom stereocenters. The lowest BCUT2D eigenvalue weighted by atomic mass is 10.1. The van der Waals surface area contributed by atoms with Crippen LogP contribution in [0.15, 0.2) is 22.7 Å². The highest BCUT2D eigenvalue weighted by Crippen LogP contribution is 2.22. The van der Waals surface area contributed by atoms with E-state index >= 15 is 0 Å². The Morgan fingerprint density at radius 3 is 2.88 bits per heavy atom. The van der Waals surface area contributed by atoms with Gasteiger partial charge >= 0.3 is 0 Å². The van der Waals surface area contributed by atoms with Crippen molar-refractivity contribution in [1.29, 1.82) is 0 Å². The zero-order valence-electron chi connectivity index (χ0n) is 9.01. The highest BCUT2D eigenvalue weighted by atomic mass is 79.9. The van der Waals surface area contributed by atoms with Crippen molar-refractivity contribution in [3.8, 4) is 0 Å². The Morgan fingerprint density at radius 1 is 1.38 bits per heavy atom. The van der Waals surface area contributed by atoms with E-state index in [4.69, 9.17) is 11.6 Å². The molecular weight excluding hydrogens is 306 g/mol. The Hall–Kier alpha value is 0.300. The summed E-state index contributed by atoms with van der Waals surface area (Å²) in [5.74, 6) is 2.57. The molecule has 0 aliphatic carbocycles. The van der Waals surface area contributed by atoms with Crippen LogP contribution in [0.25, 0.3) is 0 Å². The fourth-order valence-corrected chi connectivity index (χ4v) is 3.52. The number of nitrogens with one attached hydrogen (secondary N) is 1. The number of hydrogen-bond acceptors (Lipinski definition) is 2. The first-order chi connectivity index (χ1) is 7.75. The SMILES string of the molecule is Clc1ccc(Br)c(CNC2CCSCC2)c1. The smallest absolute Gasteiger partial charge is 0.0410 e. The van der Waals surface area contributed by atoms with Crippen molar-refractivity contribution in [2.24, 2.45) is 0 Å². The molecule has 1 fully saturated rings. The van der Waals surface area contributed by atoms with Gasteiger partial charge in [0.25, 0.3) is 0 Å². The molecule has 1 aromatic rings. The summed E-state index contributed by atoms with van der Waals surface area (Å²) in [6.07, 6.45) is 2.56. The third kappa shape index (κ3) is 3.66. The Bertz CT molecular complexity index is 353. The zero-order chi connectivity index (χ0) is 11.4. The van der Waals surface area contributed by atoms with Crippen molar-refractivity contribution in [2.75, 3.05) is 11.5 Å². The molecule has 0 amide bonds. The number of thioether (sulfide) groups is 1. The Labute approximate surface area is 114 Å². The summed E-state index contributed by atoms with van der Waals surface area (Å²) >= 11 is 11.6. The van der Waals surface area contributed by atoms with E-state index in [0.717, 1.165) is 16.0 Å². The average Bonchev–Trinajstić information content (AvgIpc) is 2.32. The average molecular weight is 321 g/mol. The van der Waals surface area contributed by atoms with Crippen LogP contribution in [-0.4, -0.2) is 17.5 Å². The highest BCUT2D eigenvalue weighted by Gasteiger charge is 2.13. The van der Waals surface area contributed by atoms with Crippen LogP contribution in [0.5, 0.6) is 0 Å². The van der Waals surface area contributed by atoms with Gasteiger partial charge in [-0.1, -0.05) is 27.5 Å². The first kappa shape index (κ1) is 12.7. The van der Waals surface area contributed by atoms with Gasteiger partial charge < -0.3 is 5.32 Å². The number of hydrogen-bond donors (Lipinski definition) is 1. The third-order valence-electron chi connectivity index (χ3n) is 2.81. The molecule has 16 heavy (non-hydrogen) atoms. The van der Waals surface area contributed by atoms with Gasteiger partial charge in [0.05, 0.1) is 0 Å². The third-order valence-corrected chi connectivity index (χ3v) is 4.87. The van der Waals surface area contributed by atoms with Crippen molar-refractivity contribution < 1.29 is 0 Å². The predicted molar refractivity (Wildman–Crippen MR) is 76.3 cm³/mol. The normalized spacial score (nSPS) is 17.6. The van der Waals surface area contributed by atoms with Crippen LogP contribution in [0, 0.1) is 0 Å². The molecule has 1 aliphatic heterocycles. The molecule has 0 aromatic heterocycles. The molecule has 1 heterocycles. The standard InChI is InChI=1S/C12H15BrClNS/c13-12-2-1-10(14)7-9(12)8-15-11-3-5-16-6-4-11/h1-2,7,11,15H,3-6,8H2. The molecule has 0 radical (unpaired) electrons. The largest absolute Gasteiger partial charge is 0.310 e. The van der Waals surface area contributed by atoms with Gasteiger partial charge in [0.15, 0.2) is 0 Å². The molecule has 4 heteroatoms. The van der Waals surface area contributed by atoms with Crippen LogP contribution in [0.3, 0.4) is 0 Å². The number of rotatable bonds is 3. The van der Waals surface area contributed by atoms with Crippen molar-refractivity contribution in [1.82, 2.24) is 5.32 Å². The first-order valence-corrected chi connectivity index (χ1v) is 7.83. The van der Waals surface area contributed by atoms with E-state index in [0.29, 0.717) is 6.04 Å². The monoisotopic (exact) mass is 319 g/mol. The molecule has 0 spiro atoms. The second-order valence-electron chi connectivity index (χ2n) is 4.00. The van der Waals surface area contributed by atoms with Crippen LogP contribution < -0.4 is 5.32 Å². The van der Waals surface area contributed by atoms with Gasteiger partial charge in [-0.25, -0.2) is 0 Å². The van der Waals surface area contributed by atoms with Crippen molar-refractivity contribution >= 4 is 39.3 Å². The Balaban J connectivity index is 1.90. The molecule has 88 valence electrons. The van der Waals surface area contributed by atoms with Gasteiger partial charge in [-0.2, -0.15) is 11.8 Å². The number of halogens is 2. The lowest BCUT2D eigenvalue weighted by molar-refractivity contribution is 0.482. The van der Waals surface area contributed by atoms with E-state index in [1.807, 2.05) is 18.2 Å². The summed E-state index contributed by atoms with van der Waals surface area (Å²) in [6.45, 7) is 0.899. The molecule has 1 aromatic carbocycles. The fourth-order valence-electron chi connectivity index (χ4n) is 1.83. The molecule has 0 bridgehead atoms. The lowest BCUT2D eigenvalue weighted by Crippen LogP contribution is -2.32. The maximum absolute atomic E-state index is 5.99. The quantitative estimate of drug-likeness (QED) is 0.900. The van der Waals surface area contributed by atoms with E-state index in [9.17, 15) is 0 Å². The molecule has 0 unspecified atom stereocenters. The molecular formula is C12H15BrClNS. The second kappa shape index (κ2) is 6.29. The van der Waals surface area contributed by atoms with Crippen molar-refractivity contribution in [2.45, 2.75) is 25.4 Å². The van der Waals surface area contributed by atoms with Crippen LogP contribution in [0.2, 0.25) is 5.02 Å². The van der Waals surface area contributed by atoms with Crippen LogP contribution >= 0.6 is 39.3 Å². The minimum atomic E-state index is 0.673. The van der Waals surface area contributed by atoms with E-state index in [1.165, 1.54) is 29.9 Å². The molecule has 1 aliphatic rings. The van der Waals surface area contributed by atoms with E-state index in [-0.39, 0.29) is 0 Å². The molecule has 1 saturated heterocycles. The summed E-state index contributed by atoms with van der Waals surface area (Å²) in [5.41, 5.74) is 1.24. The lowest BCUT2D eigenvalue weighted by Gasteiger charge is -2.22. The van der Waals surface area contributed by atoms with Crippen LogP contribution in [-0.2, 0) is 6.54 Å².